The Morgan fingerprint density at radius 1 is 1.15 bits per heavy atom. The topological polar surface area (TPSA) is 86.2 Å². The molecule has 0 spiro atoms. The van der Waals surface area contributed by atoms with E-state index in [0.717, 1.165) is 12.8 Å². The van der Waals surface area contributed by atoms with Gasteiger partial charge in [-0.25, -0.2) is 0 Å². The highest BCUT2D eigenvalue weighted by atomic mass is 16.2. The van der Waals surface area contributed by atoms with Crippen LogP contribution in [0.5, 0.6) is 0 Å². The number of hydrogen-bond acceptors (Lipinski definition) is 5. The van der Waals surface area contributed by atoms with Gasteiger partial charge in [-0.15, -0.1) is 12.3 Å². The van der Waals surface area contributed by atoms with Gasteiger partial charge < -0.3 is 15.5 Å². The summed E-state index contributed by atoms with van der Waals surface area (Å²) < 4.78 is 0. The molecule has 0 aliphatic carbocycles. The highest BCUT2D eigenvalue weighted by Gasteiger charge is 2.39. The van der Waals surface area contributed by atoms with Crippen LogP contribution in [0, 0.1) is 18.3 Å². The van der Waals surface area contributed by atoms with E-state index in [1.54, 1.807) is 0 Å². The van der Waals surface area contributed by atoms with Crippen molar-refractivity contribution in [3.63, 3.8) is 0 Å². The fraction of sp³-hybridized carbons (Fsp3) is 0.789. The fourth-order valence-corrected chi connectivity index (χ4v) is 4.26. The molecule has 2 unspecified atom stereocenters. The third-order valence-electron chi connectivity index (χ3n) is 6.03. The Morgan fingerprint density at radius 3 is 2.46 bits per heavy atom. The van der Waals surface area contributed by atoms with Gasteiger partial charge in [-0.2, -0.15) is 10.2 Å². The Balaban J connectivity index is 1.27. The van der Waals surface area contributed by atoms with Crippen molar-refractivity contribution in [3.8, 4) is 12.3 Å². The van der Waals surface area contributed by atoms with E-state index in [9.17, 15) is 9.59 Å². The Morgan fingerprint density at radius 2 is 1.85 bits per heavy atom. The van der Waals surface area contributed by atoms with E-state index in [2.05, 4.69) is 38.7 Å². The molecule has 0 radical (unpaired) electrons. The molecule has 2 atom stereocenters. The van der Waals surface area contributed by atoms with Gasteiger partial charge in [0, 0.05) is 44.3 Å². The molecular formula is C19H29N5O2. The first-order valence-corrected chi connectivity index (χ1v) is 9.64. The summed E-state index contributed by atoms with van der Waals surface area (Å²) in [4.78, 5) is 26.4. The van der Waals surface area contributed by atoms with E-state index in [-0.39, 0.29) is 18.4 Å². The first-order chi connectivity index (χ1) is 12.5. The van der Waals surface area contributed by atoms with Crippen LogP contribution in [0.2, 0.25) is 0 Å². The molecule has 0 aromatic heterocycles. The Labute approximate surface area is 155 Å². The Kier molecular flexibility index (Phi) is 5.92. The zero-order valence-electron chi connectivity index (χ0n) is 15.5. The molecule has 26 heavy (non-hydrogen) atoms. The summed E-state index contributed by atoms with van der Waals surface area (Å²) in [7, 11) is 2.21. The molecule has 3 heterocycles. The zero-order chi connectivity index (χ0) is 18.6. The number of terminal acetylenes is 1. The largest absolute Gasteiger partial charge is 0.354 e. The molecule has 2 N–H and O–H groups in total. The fourth-order valence-electron chi connectivity index (χ4n) is 4.26. The van der Waals surface area contributed by atoms with Crippen molar-refractivity contribution in [1.82, 2.24) is 15.5 Å². The maximum absolute atomic E-state index is 12.0. The lowest BCUT2D eigenvalue weighted by molar-refractivity contribution is -0.126. The van der Waals surface area contributed by atoms with Crippen molar-refractivity contribution < 1.29 is 9.59 Å². The third-order valence-corrected chi connectivity index (χ3v) is 6.03. The number of amides is 2. The molecule has 0 aromatic carbocycles. The summed E-state index contributed by atoms with van der Waals surface area (Å²) >= 11 is 0. The SMILES string of the molecule is C#CCCC1(CCC(=O)NCC(=O)NCC2CC3CCC(C2)N3C)N=N1. The predicted molar refractivity (Wildman–Crippen MR) is 98.2 cm³/mol. The molecule has 3 rings (SSSR count). The Hall–Kier alpha value is -1.94. The molecule has 7 nitrogen and oxygen atoms in total. The minimum absolute atomic E-state index is 0.0317. The van der Waals surface area contributed by atoms with Gasteiger partial charge in [-0.3, -0.25) is 9.59 Å². The summed E-state index contributed by atoms with van der Waals surface area (Å²) in [6.45, 7) is 0.743. The molecule has 2 amide bonds. The number of nitrogens with one attached hydrogen (secondary N) is 2. The van der Waals surface area contributed by atoms with Crippen LogP contribution in [0.3, 0.4) is 0 Å². The molecule has 2 saturated heterocycles. The van der Waals surface area contributed by atoms with Crippen LogP contribution >= 0.6 is 0 Å². The monoisotopic (exact) mass is 359 g/mol. The van der Waals surface area contributed by atoms with Gasteiger partial charge in [-0.05, 0) is 38.6 Å². The molecule has 3 aliphatic rings. The highest BCUT2D eigenvalue weighted by Crippen LogP contribution is 2.38. The van der Waals surface area contributed by atoms with Gasteiger partial charge in [-0.1, -0.05) is 0 Å². The van der Waals surface area contributed by atoms with Crippen LogP contribution in [0.1, 0.15) is 51.4 Å². The lowest BCUT2D eigenvalue weighted by Gasteiger charge is -2.36. The van der Waals surface area contributed by atoms with Gasteiger partial charge in [0.2, 0.25) is 11.8 Å². The van der Waals surface area contributed by atoms with Crippen molar-refractivity contribution in [2.24, 2.45) is 16.1 Å². The highest BCUT2D eigenvalue weighted by molar-refractivity contribution is 5.84. The minimum Gasteiger partial charge on any atom is -0.354 e. The number of carbonyl (C=O) groups excluding carboxylic acids is 2. The molecule has 2 bridgehead atoms. The van der Waals surface area contributed by atoms with Crippen LogP contribution in [0.15, 0.2) is 10.2 Å². The van der Waals surface area contributed by atoms with Gasteiger partial charge in [0.05, 0.1) is 6.54 Å². The molecule has 0 aromatic rings. The van der Waals surface area contributed by atoms with E-state index in [1.807, 2.05) is 0 Å². The first-order valence-electron chi connectivity index (χ1n) is 9.64. The molecule has 7 heteroatoms. The number of carbonyl (C=O) groups is 2. The van der Waals surface area contributed by atoms with E-state index < -0.39 is 5.66 Å². The van der Waals surface area contributed by atoms with Crippen molar-refractivity contribution in [2.45, 2.75) is 69.1 Å². The minimum atomic E-state index is -0.445. The van der Waals surface area contributed by atoms with E-state index in [4.69, 9.17) is 6.42 Å². The van der Waals surface area contributed by atoms with Crippen molar-refractivity contribution >= 4 is 11.8 Å². The average molecular weight is 359 g/mol. The normalized spacial score (nSPS) is 28.4. The van der Waals surface area contributed by atoms with E-state index >= 15 is 0 Å². The molecule has 2 fully saturated rings. The summed E-state index contributed by atoms with van der Waals surface area (Å²) in [6, 6.07) is 1.35. The molecular weight excluding hydrogens is 330 g/mol. The van der Waals surface area contributed by atoms with Gasteiger partial charge in [0.1, 0.15) is 0 Å². The maximum Gasteiger partial charge on any atom is 0.239 e. The van der Waals surface area contributed by atoms with Crippen LogP contribution in [0.25, 0.3) is 0 Å². The van der Waals surface area contributed by atoms with Crippen molar-refractivity contribution in [1.29, 1.82) is 0 Å². The van der Waals surface area contributed by atoms with Crippen LogP contribution in [0.4, 0.5) is 0 Å². The number of fused-ring (bicyclic) bond motifs is 2. The van der Waals surface area contributed by atoms with E-state index in [0.29, 0.717) is 50.2 Å². The quantitative estimate of drug-likeness (QED) is 0.611. The van der Waals surface area contributed by atoms with Crippen LogP contribution < -0.4 is 10.6 Å². The van der Waals surface area contributed by atoms with Crippen molar-refractivity contribution in [2.75, 3.05) is 20.1 Å². The lowest BCUT2D eigenvalue weighted by atomic mass is 9.91. The van der Waals surface area contributed by atoms with Gasteiger partial charge in [0.25, 0.3) is 0 Å². The van der Waals surface area contributed by atoms with E-state index in [1.165, 1.54) is 12.8 Å². The number of rotatable bonds is 9. The summed E-state index contributed by atoms with van der Waals surface area (Å²) in [5, 5.41) is 13.7. The smallest absolute Gasteiger partial charge is 0.239 e. The zero-order valence-corrected chi connectivity index (χ0v) is 15.5. The maximum atomic E-state index is 12.0. The second kappa shape index (κ2) is 8.17. The van der Waals surface area contributed by atoms with Crippen molar-refractivity contribution in [3.05, 3.63) is 0 Å². The first kappa shape index (κ1) is 18.8. The molecule has 0 saturated carbocycles. The number of hydrogen-bond donors (Lipinski definition) is 2. The number of nitrogens with zero attached hydrogens (tertiary/aromatic N) is 3. The average Bonchev–Trinajstić information content (AvgIpc) is 3.38. The molecule has 3 aliphatic heterocycles. The van der Waals surface area contributed by atoms with Crippen LogP contribution in [-0.2, 0) is 9.59 Å². The Bertz CT molecular complexity index is 592. The second-order valence-electron chi connectivity index (χ2n) is 7.86. The third kappa shape index (κ3) is 4.82. The number of piperidine rings is 1. The predicted octanol–water partition coefficient (Wildman–Crippen LogP) is 1.45. The summed E-state index contributed by atoms with van der Waals surface area (Å²) in [5.41, 5.74) is -0.445. The van der Waals surface area contributed by atoms with Gasteiger partial charge in [0.15, 0.2) is 5.66 Å². The molecule has 142 valence electrons. The van der Waals surface area contributed by atoms with Gasteiger partial charge >= 0.3 is 0 Å². The van der Waals surface area contributed by atoms with Crippen LogP contribution in [-0.4, -0.2) is 54.6 Å². The second-order valence-corrected chi connectivity index (χ2v) is 7.86. The summed E-state index contributed by atoms with van der Waals surface area (Å²) in [5.74, 6) is 2.86. The summed E-state index contributed by atoms with van der Waals surface area (Å²) in [6.07, 6.45) is 12.3. The standard InChI is InChI=1S/C19H29N5O2/c1-3-4-8-19(22-23-19)9-7-17(25)21-13-18(26)20-12-14-10-15-5-6-16(11-14)24(15)2/h1,14-16H,4-13H2,2H3,(H,20,26)(H,21,25). The lowest BCUT2D eigenvalue weighted by Crippen LogP contribution is -2.44.